The fraction of sp³-hybridized carbons (Fsp3) is 0.588. The molecular formula is C17H28N2O2. The predicted molar refractivity (Wildman–Crippen MR) is 86.4 cm³/mol. The Kier molecular flexibility index (Phi) is 6.69. The van der Waals surface area contributed by atoms with Crippen LogP contribution in [-0.2, 0) is 11.3 Å². The van der Waals surface area contributed by atoms with Gasteiger partial charge >= 0.3 is 0 Å². The zero-order valence-electron chi connectivity index (χ0n) is 13.8. The van der Waals surface area contributed by atoms with E-state index in [4.69, 9.17) is 4.74 Å². The van der Waals surface area contributed by atoms with Crippen LogP contribution in [0.4, 0.5) is 0 Å². The highest BCUT2D eigenvalue weighted by Crippen LogP contribution is 2.19. The molecule has 1 amide bonds. The number of rotatable bonds is 8. The molecule has 1 aromatic rings. The van der Waals surface area contributed by atoms with Gasteiger partial charge in [0, 0.05) is 17.6 Å². The van der Waals surface area contributed by atoms with Crippen LogP contribution in [0, 0.1) is 0 Å². The number of amides is 1. The van der Waals surface area contributed by atoms with E-state index < -0.39 is 6.10 Å². The second-order valence-corrected chi connectivity index (χ2v) is 5.87. The maximum absolute atomic E-state index is 12.2. The fourth-order valence-corrected chi connectivity index (χ4v) is 1.79. The molecule has 0 heterocycles. The van der Waals surface area contributed by atoms with E-state index in [1.165, 1.54) is 0 Å². The number of ether oxygens (including phenoxy) is 1. The number of hydrogen-bond donors (Lipinski definition) is 2. The van der Waals surface area contributed by atoms with Gasteiger partial charge in [0.25, 0.3) is 5.91 Å². The average molecular weight is 292 g/mol. The van der Waals surface area contributed by atoms with Gasteiger partial charge in [-0.3, -0.25) is 4.79 Å². The molecule has 0 bridgehead atoms. The highest BCUT2D eigenvalue weighted by molar-refractivity contribution is 5.81. The summed E-state index contributed by atoms with van der Waals surface area (Å²) < 4.78 is 5.84. The van der Waals surface area contributed by atoms with Crippen LogP contribution in [0.25, 0.3) is 0 Å². The molecule has 0 aromatic heterocycles. The van der Waals surface area contributed by atoms with Crippen molar-refractivity contribution in [2.75, 3.05) is 6.54 Å². The van der Waals surface area contributed by atoms with Gasteiger partial charge in [-0.25, -0.2) is 0 Å². The van der Waals surface area contributed by atoms with Crippen molar-refractivity contribution in [3.05, 3.63) is 29.8 Å². The van der Waals surface area contributed by atoms with Crippen molar-refractivity contribution in [3.63, 3.8) is 0 Å². The summed E-state index contributed by atoms with van der Waals surface area (Å²) in [6, 6.07) is 7.82. The van der Waals surface area contributed by atoms with E-state index in [0.717, 1.165) is 30.8 Å². The van der Waals surface area contributed by atoms with Gasteiger partial charge in [-0.2, -0.15) is 0 Å². The summed E-state index contributed by atoms with van der Waals surface area (Å²) in [4.78, 5) is 12.2. The van der Waals surface area contributed by atoms with Crippen LogP contribution in [0.2, 0.25) is 0 Å². The normalized spacial score (nSPS) is 12.8. The van der Waals surface area contributed by atoms with Crippen molar-refractivity contribution >= 4 is 5.91 Å². The van der Waals surface area contributed by atoms with Crippen LogP contribution in [-0.4, -0.2) is 24.1 Å². The first-order chi connectivity index (χ1) is 9.89. The van der Waals surface area contributed by atoms with E-state index in [1.807, 2.05) is 38.1 Å². The molecular weight excluding hydrogens is 264 g/mol. The number of carbonyl (C=O) groups is 1. The Labute approximate surface area is 128 Å². The Balaban J connectivity index is 2.70. The first kappa shape index (κ1) is 17.5. The first-order valence-electron chi connectivity index (χ1n) is 7.67. The Morgan fingerprint density at radius 3 is 2.57 bits per heavy atom. The molecule has 4 heteroatoms. The molecule has 1 unspecified atom stereocenters. The van der Waals surface area contributed by atoms with Crippen molar-refractivity contribution in [3.8, 4) is 5.75 Å². The van der Waals surface area contributed by atoms with Gasteiger partial charge < -0.3 is 15.4 Å². The minimum absolute atomic E-state index is 0.0832. The van der Waals surface area contributed by atoms with Gasteiger partial charge in [-0.05, 0) is 39.8 Å². The molecule has 1 rings (SSSR count). The van der Waals surface area contributed by atoms with Crippen molar-refractivity contribution in [1.29, 1.82) is 0 Å². The minimum Gasteiger partial charge on any atom is -0.481 e. The molecule has 0 fully saturated rings. The van der Waals surface area contributed by atoms with Gasteiger partial charge in [0.1, 0.15) is 5.75 Å². The van der Waals surface area contributed by atoms with Crippen LogP contribution in [0.3, 0.4) is 0 Å². The SMILES string of the molecule is CCNCc1ccccc1OC(C)C(=O)NC(C)(C)CC. The number of benzene rings is 1. The lowest BCUT2D eigenvalue weighted by atomic mass is 10.0. The Hall–Kier alpha value is -1.55. The van der Waals surface area contributed by atoms with E-state index in [-0.39, 0.29) is 11.4 Å². The Morgan fingerprint density at radius 1 is 1.29 bits per heavy atom. The molecule has 0 aliphatic heterocycles. The quantitative estimate of drug-likeness (QED) is 0.774. The molecule has 2 N–H and O–H groups in total. The third kappa shape index (κ3) is 5.76. The predicted octanol–water partition coefficient (Wildman–Crippen LogP) is 2.87. The molecule has 1 aromatic carbocycles. The average Bonchev–Trinajstić information content (AvgIpc) is 2.45. The third-order valence-corrected chi connectivity index (χ3v) is 3.56. The molecule has 0 saturated carbocycles. The molecule has 21 heavy (non-hydrogen) atoms. The highest BCUT2D eigenvalue weighted by atomic mass is 16.5. The lowest BCUT2D eigenvalue weighted by Crippen LogP contribution is -2.48. The molecule has 0 aliphatic carbocycles. The number of para-hydroxylation sites is 1. The van der Waals surface area contributed by atoms with E-state index >= 15 is 0 Å². The van der Waals surface area contributed by atoms with Gasteiger partial charge in [-0.15, -0.1) is 0 Å². The van der Waals surface area contributed by atoms with Crippen molar-refractivity contribution in [2.24, 2.45) is 0 Å². The second kappa shape index (κ2) is 8.03. The molecule has 4 nitrogen and oxygen atoms in total. The molecule has 0 spiro atoms. The molecule has 118 valence electrons. The zero-order valence-corrected chi connectivity index (χ0v) is 13.8. The van der Waals surface area contributed by atoms with E-state index in [9.17, 15) is 4.79 Å². The van der Waals surface area contributed by atoms with Crippen LogP contribution in [0.5, 0.6) is 5.75 Å². The smallest absolute Gasteiger partial charge is 0.261 e. The maximum Gasteiger partial charge on any atom is 0.261 e. The lowest BCUT2D eigenvalue weighted by molar-refractivity contribution is -0.129. The topological polar surface area (TPSA) is 50.4 Å². The molecule has 0 aliphatic rings. The van der Waals surface area contributed by atoms with Gasteiger partial charge in [0.2, 0.25) is 0 Å². The summed E-state index contributed by atoms with van der Waals surface area (Å²) in [5, 5.41) is 6.28. The number of carbonyl (C=O) groups excluding carboxylic acids is 1. The summed E-state index contributed by atoms with van der Waals surface area (Å²) >= 11 is 0. The van der Waals surface area contributed by atoms with Crippen LogP contribution in [0.1, 0.15) is 46.6 Å². The Bertz CT molecular complexity index is 458. The third-order valence-electron chi connectivity index (χ3n) is 3.56. The largest absolute Gasteiger partial charge is 0.481 e. The summed E-state index contributed by atoms with van der Waals surface area (Å²) in [5.41, 5.74) is 0.853. The van der Waals surface area contributed by atoms with Gasteiger partial charge in [0.05, 0.1) is 0 Å². The zero-order chi connectivity index (χ0) is 15.9. The van der Waals surface area contributed by atoms with Gasteiger partial charge in [0.15, 0.2) is 6.10 Å². The lowest BCUT2D eigenvalue weighted by Gasteiger charge is -2.27. The summed E-state index contributed by atoms with van der Waals surface area (Å²) in [6.45, 7) is 11.6. The van der Waals surface area contributed by atoms with Crippen LogP contribution >= 0.6 is 0 Å². The molecule has 1 atom stereocenters. The number of nitrogens with one attached hydrogen (secondary N) is 2. The number of hydrogen-bond acceptors (Lipinski definition) is 3. The summed E-state index contributed by atoms with van der Waals surface area (Å²) in [6.07, 6.45) is 0.362. The minimum atomic E-state index is -0.515. The van der Waals surface area contributed by atoms with Gasteiger partial charge in [-0.1, -0.05) is 32.0 Å². The highest BCUT2D eigenvalue weighted by Gasteiger charge is 2.23. The fourth-order valence-electron chi connectivity index (χ4n) is 1.79. The van der Waals surface area contributed by atoms with E-state index in [0.29, 0.717) is 0 Å². The van der Waals surface area contributed by atoms with Crippen LogP contribution in [0.15, 0.2) is 24.3 Å². The standard InChI is InChI=1S/C17H28N2O2/c1-6-17(4,5)19-16(20)13(3)21-15-11-9-8-10-14(15)12-18-7-2/h8-11,13,18H,6-7,12H2,1-5H3,(H,19,20). The Morgan fingerprint density at radius 2 is 1.95 bits per heavy atom. The van der Waals surface area contributed by atoms with Crippen LogP contribution < -0.4 is 15.4 Å². The van der Waals surface area contributed by atoms with E-state index in [2.05, 4.69) is 24.5 Å². The van der Waals surface area contributed by atoms with Crippen molar-refractivity contribution < 1.29 is 9.53 Å². The first-order valence-corrected chi connectivity index (χ1v) is 7.67. The molecule has 0 radical (unpaired) electrons. The summed E-state index contributed by atoms with van der Waals surface area (Å²) in [7, 11) is 0. The summed E-state index contributed by atoms with van der Waals surface area (Å²) in [5.74, 6) is 0.676. The monoisotopic (exact) mass is 292 g/mol. The molecule has 0 saturated heterocycles. The van der Waals surface area contributed by atoms with Crippen molar-refractivity contribution in [2.45, 2.75) is 59.2 Å². The van der Waals surface area contributed by atoms with E-state index in [1.54, 1.807) is 6.92 Å². The second-order valence-electron chi connectivity index (χ2n) is 5.87. The maximum atomic E-state index is 12.2. The van der Waals surface area contributed by atoms with Crippen molar-refractivity contribution in [1.82, 2.24) is 10.6 Å².